The zero-order valence-electron chi connectivity index (χ0n) is 9.69. The number of hydrogen-bond acceptors (Lipinski definition) is 4. The average Bonchev–Trinajstić information content (AvgIpc) is 2.28. The van der Waals surface area contributed by atoms with E-state index < -0.39 is 5.60 Å². The molecule has 1 fully saturated rings. The quantitative estimate of drug-likeness (QED) is 0.778. The third-order valence-corrected chi connectivity index (χ3v) is 3.04. The second-order valence-corrected chi connectivity index (χ2v) is 4.75. The fourth-order valence-corrected chi connectivity index (χ4v) is 2.14. The summed E-state index contributed by atoms with van der Waals surface area (Å²) in [5.74, 6) is 0.928. The van der Waals surface area contributed by atoms with Gasteiger partial charge in [0.1, 0.15) is 5.82 Å². The molecule has 1 aliphatic rings. The molecule has 0 bridgehead atoms. The zero-order valence-corrected chi connectivity index (χ0v) is 9.69. The van der Waals surface area contributed by atoms with E-state index in [-0.39, 0.29) is 0 Å². The van der Waals surface area contributed by atoms with Crippen LogP contribution in [-0.4, -0.2) is 28.8 Å². The Bertz CT molecular complexity index is 348. The Hall–Kier alpha value is -1.13. The molecule has 88 valence electrons. The van der Waals surface area contributed by atoms with Crippen LogP contribution < -0.4 is 10.6 Å². The number of piperidine rings is 1. The first-order valence-electron chi connectivity index (χ1n) is 5.73. The smallest absolute Gasteiger partial charge is 0.128 e. The van der Waals surface area contributed by atoms with Gasteiger partial charge in [-0.15, -0.1) is 0 Å². The van der Waals surface area contributed by atoms with E-state index in [0.29, 0.717) is 13.1 Å². The Morgan fingerprint density at radius 3 is 2.94 bits per heavy atom. The van der Waals surface area contributed by atoms with E-state index in [1.807, 2.05) is 19.1 Å². The van der Waals surface area contributed by atoms with Crippen molar-refractivity contribution in [3.63, 3.8) is 0 Å². The lowest BCUT2D eigenvalue weighted by Crippen LogP contribution is -2.46. The van der Waals surface area contributed by atoms with Crippen LogP contribution in [0.3, 0.4) is 0 Å². The largest absolute Gasteiger partial charge is 0.388 e. The van der Waals surface area contributed by atoms with Gasteiger partial charge in [-0.3, -0.25) is 0 Å². The van der Waals surface area contributed by atoms with E-state index in [2.05, 4.69) is 9.88 Å². The molecule has 4 heteroatoms. The molecule has 1 atom stereocenters. The van der Waals surface area contributed by atoms with Crippen molar-refractivity contribution < 1.29 is 5.11 Å². The first kappa shape index (κ1) is 11.4. The van der Waals surface area contributed by atoms with Crippen LogP contribution in [-0.2, 0) is 6.54 Å². The van der Waals surface area contributed by atoms with Gasteiger partial charge in [0.15, 0.2) is 0 Å². The number of anilines is 1. The summed E-state index contributed by atoms with van der Waals surface area (Å²) in [6.07, 6.45) is 3.68. The molecule has 1 aliphatic heterocycles. The van der Waals surface area contributed by atoms with Crippen molar-refractivity contribution in [1.82, 2.24) is 4.98 Å². The van der Waals surface area contributed by atoms with Gasteiger partial charge in [-0.05, 0) is 31.4 Å². The summed E-state index contributed by atoms with van der Waals surface area (Å²) in [5.41, 5.74) is 5.97. The number of pyridine rings is 1. The Labute approximate surface area is 96.1 Å². The number of nitrogens with two attached hydrogens (primary N) is 1. The maximum Gasteiger partial charge on any atom is 0.128 e. The van der Waals surface area contributed by atoms with E-state index >= 15 is 0 Å². The lowest BCUT2D eigenvalue weighted by molar-refractivity contribution is 0.0447. The maximum atomic E-state index is 10.0. The van der Waals surface area contributed by atoms with Crippen molar-refractivity contribution in [2.24, 2.45) is 5.73 Å². The maximum absolute atomic E-state index is 10.0. The highest BCUT2D eigenvalue weighted by Gasteiger charge is 2.28. The zero-order chi connectivity index (χ0) is 11.6. The van der Waals surface area contributed by atoms with Crippen LogP contribution in [0.5, 0.6) is 0 Å². The molecule has 0 aromatic carbocycles. The van der Waals surface area contributed by atoms with E-state index in [1.54, 1.807) is 6.20 Å². The molecular weight excluding hydrogens is 202 g/mol. The minimum atomic E-state index is -0.591. The van der Waals surface area contributed by atoms with Gasteiger partial charge in [0, 0.05) is 25.8 Å². The van der Waals surface area contributed by atoms with Crippen molar-refractivity contribution in [2.45, 2.75) is 31.9 Å². The van der Waals surface area contributed by atoms with Crippen LogP contribution >= 0.6 is 0 Å². The van der Waals surface area contributed by atoms with E-state index in [1.165, 1.54) is 0 Å². The summed E-state index contributed by atoms with van der Waals surface area (Å²) in [6, 6.07) is 3.97. The highest BCUT2D eigenvalue weighted by molar-refractivity contribution is 5.40. The molecule has 1 aromatic rings. The predicted octanol–water partition coefficient (Wildman–Crippen LogP) is 0.892. The van der Waals surface area contributed by atoms with Gasteiger partial charge in [0.25, 0.3) is 0 Å². The second kappa shape index (κ2) is 4.39. The van der Waals surface area contributed by atoms with Gasteiger partial charge in [0.05, 0.1) is 5.60 Å². The lowest BCUT2D eigenvalue weighted by atomic mass is 9.95. The third kappa shape index (κ3) is 2.51. The van der Waals surface area contributed by atoms with E-state index in [0.717, 1.165) is 30.8 Å². The molecule has 0 amide bonds. The summed E-state index contributed by atoms with van der Waals surface area (Å²) in [4.78, 5) is 6.50. The Morgan fingerprint density at radius 2 is 2.38 bits per heavy atom. The summed E-state index contributed by atoms with van der Waals surface area (Å²) >= 11 is 0. The van der Waals surface area contributed by atoms with Gasteiger partial charge in [0.2, 0.25) is 0 Å². The van der Waals surface area contributed by atoms with Crippen LogP contribution in [0, 0.1) is 0 Å². The molecule has 1 unspecified atom stereocenters. The Kier molecular flexibility index (Phi) is 3.12. The first-order valence-corrected chi connectivity index (χ1v) is 5.73. The molecular formula is C12H19N3O. The molecule has 4 nitrogen and oxygen atoms in total. The molecule has 0 aliphatic carbocycles. The number of hydrogen-bond donors (Lipinski definition) is 2. The van der Waals surface area contributed by atoms with Crippen molar-refractivity contribution in [1.29, 1.82) is 0 Å². The lowest BCUT2D eigenvalue weighted by Gasteiger charge is -2.37. The monoisotopic (exact) mass is 221 g/mol. The number of nitrogens with zero attached hydrogens (tertiary/aromatic N) is 2. The van der Waals surface area contributed by atoms with Gasteiger partial charge in [-0.1, -0.05) is 6.07 Å². The molecule has 0 radical (unpaired) electrons. The standard InChI is InChI=1S/C12H19N3O/c1-12(16)5-2-6-15(9-12)11-4-3-10(7-13)8-14-11/h3-4,8,16H,2,5-7,9,13H2,1H3. The van der Waals surface area contributed by atoms with Crippen LogP contribution in [0.1, 0.15) is 25.3 Å². The normalized spacial score (nSPS) is 25.8. The van der Waals surface area contributed by atoms with E-state index in [4.69, 9.17) is 5.73 Å². The number of β-amino-alcohol motifs (C(OH)–C–C–N with tert-alkyl or cyclic N) is 1. The molecule has 2 rings (SSSR count). The third-order valence-electron chi connectivity index (χ3n) is 3.04. The Balaban J connectivity index is 2.11. The molecule has 3 N–H and O–H groups in total. The van der Waals surface area contributed by atoms with Crippen LogP contribution in [0.4, 0.5) is 5.82 Å². The summed E-state index contributed by atoms with van der Waals surface area (Å²) in [6.45, 7) is 4.02. The minimum absolute atomic E-state index is 0.519. The topological polar surface area (TPSA) is 62.4 Å². The van der Waals surface area contributed by atoms with Crippen molar-refractivity contribution in [3.05, 3.63) is 23.9 Å². The fourth-order valence-electron chi connectivity index (χ4n) is 2.14. The van der Waals surface area contributed by atoms with Gasteiger partial charge >= 0.3 is 0 Å². The van der Waals surface area contributed by atoms with Crippen molar-refractivity contribution >= 4 is 5.82 Å². The van der Waals surface area contributed by atoms with Gasteiger partial charge in [-0.25, -0.2) is 4.98 Å². The van der Waals surface area contributed by atoms with E-state index in [9.17, 15) is 5.11 Å². The molecule has 1 saturated heterocycles. The number of rotatable bonds is 2. The number of aliphatic hydroxyl groups is 1. The molecule has 2 heterocycles. The summed E-state index contributed by atoms with van der Waals surface area (Å²) < 4.78 is 0. The SMILES string of the molecule is CC1(O)CCCN(c2ccc(CN)cn2)C1. The molecule has 0 spiro atoms. The minimum Gasteiger partial charge on any atom is -0.388 e. The highest BCUT2D eigenvalue weighted by Crippen LogP contribution is 2.24. The number of aromatic nitrogens is 1. The Morgan fingerprint density at radius 1 is 1.56 bits per heavy atom. The van der Waals surface area contributed by atoms with Gasteiger partial charge < -0.3 is 15.7 Å². The van der Waals surface area contributed by atoms with Crippen molar-refractivity contribution in [3.8, 4) is 0 Å². The fraction of sp³-hybridized carbons (Fsp3) is 0.583. The van der Waals surface area contributed by atoms with Crippen LogP contribution in [0.15, 0.2) is 18.3 Å². The molecule has 1 aromatic heterocycles. The highest BCUT2D eigenvalue weighted by atomic mass is 16.3. The predicted molar refractivity (Wildman–Crippen MR) is 64.2 cm³/mol. The molecule has 0 saturated carbocycles. The van der Waals surface area contributed by atoms with Crippen LogP contribution in [0.25, 0.3) is 0 Å². The average molecular weight is 221 g/mol. The molecule has 16 heavy (non-hydrogen) atoms. The summed E-state index contributed by atoms with van der Waals surface area (Å²) in [5, 5.41) is 10.0. The second-order valence-electron chi connectivity index (χ2n) is 4.75. The van der Waals surface area contributed by atoms with Crippen molar-refractivity contribution in [2.75, 3.05) is 18.0 Å². The first-order chi connectivity index (χ1) is 7.61. The van der Waals surface area contributed by atoms with Crippen LogP contribution in [0.2, 0.25) is 0 Å². The van der Waals surface area contributed by atoms with Gasteiger partial charge in [-0.2, -0.15) is 0 Å². The summed E-state index contributed by atoms with van der Waals surface area (Å²) in [7, 11) is 0.